The molecule has 5 heteroatoms. The Hall–Kier alpha value is -2.40. The van der Waals surface area contributed by atoms with Gasteiger partial charge < -0.3 is 10.1 Å². The average molecular weight is 298 g/mol. The molecule has 4 nitrogen and oxygen atoms in total. The highest BCUT2D eigenvalue weighted by Gasteiger charge is 2.08. The van der Waals surface area contributed by atoms with Gasteiger partial charge in [-0.25, -0.2) is 4.98 Å². The Bertz CT molecular complexity index is 811. The van der Waals surface area contributed by atoms with Crippen LogP contribution in [0.5, 0.6) is 5.75 Å². The molecule has 21 heavy (non-hydrogen) atoms. The summed E-state index contributed by atoms with van der Waals surface area (Å²) in [5, 5.41) is 3.90. The predicted octanol–water partition coefficient (Wildman–Crippen LogP) is 3.87. The maximum Gasteiger partial charge on any atom is 0.255 e. The molecule has 1 heterocycles. The normalized spacial score (nSPS) is 10.6. The van der Waals surface area contributed by atoms with Crippen molar-refractivity contribution in [1.29, 1.82) is 0 Å². The van der Waals surface area contributed by atoms with Crippen LogP contribution in [-0.4, -0.2) is 18.0 Å². The number of aryl methyl sites for hydroxylation is 1. The highest BCUT2D eigenvalue weighted by molar-refractivity contribution is 7.18. The minimum atomic E-state index is -0.166. The first-order chi connectivity index (χ1) is 10.2. The first kappa shape index (κ1) is 13.6. The van der Waals surface area contributed by atoms with Crippen molar-refractivity contribution < 1.29 is 9.53 Å². The zero-order valence-electron chi connectivity index (χ0n) is 11.7. The number of ether oxygens (including phenoxy) is 1. The van der Waals surface area contributed by atoms with Gasteiger partial charge in [0.15, 0.2) is 0 Å². The second kappa shape index (κ2) is 5.54. The molecule has 0 aliphatic rings. The number of hydrogen-bond acceptors (Lipinski definition) is 4. The van der Waals surface area contributed by atoms with Gasteiger partial charge in [0.25, 0.3) is 5.91 Å². The van der Waals surface area contributed by atoms with Crippen LogP contribution in [0, 0.1) is 6.92 Å². The lowest BCUT2D eigenvalue weighted by atomic mass is 10.2. The number of amides is 1. The first-order valence-electron chi connectivity index (χ1n) is 6.48. The molecule has 0 atom stereocenters. The number of aromatic nitrogens is 1. The third kappa shape index (κ3) is 2.87. The van der Waals surface area contributed by atoms with Gasteiger partial charge >= 0.3 is 0 Å². The quantitative estimate of drug-likeness (QED) is 0.798. The second-order valence-corrected chi connectivity index (χ2v) is 5.84. The van der Waals surface area contributed by atoms with E-state index in [2.05, 4.69) is 10.3 Å². The van der Waals surface area contributed by atoms with E-state index in [0.717, 1.165) is 20.9 Å². The van der Waals surface area contributed by atoms with E-state index in [0.29, 0.717) is 11.3 Å². The standard InChI is InChI=1S/C16H14N2O2S/c1-10-17-14-9-12(6-7-15(14)21-10)18-16(19)11-4-3-5-13(8-11)20-2/h3-9H,1-2H3,(H,18,19). The molecule has 0 saturated heterocycles. The fourth-order valence-electron chi connectivity index (χ4n) is 2.09. The van der Waals surface area contributed by atoms with Crippen molar-refractivity contribution in [2.24, 2.45) is 0 Å². The van der Waals surface area contributed by atoms with Crippen molar-refractivity contribution in [3.8, 4) is 5.75 Å². The molecule has 2 aromatic carbocycles. The van der Waals surface area contributed by atoms with Crippen LogP contribution in [0.3, 0.4) is 0 Å². The Balaban J connectivity index is 1.84. The number of carbonyl (C=O) groups excluding carboxylic acids is 1. The highest BCUT2D eigenvalue weighted by atomic mass is 32.1. The summed E-state index contributed by atoms with van der Waals surface area (Å²) in [6.45, 7) is 1.97. The van der Waals surface area contributed by atoms with Gasteiger partial charge in [-0.2, -0.15) is 0 Å². The van der Waals surface area contributed by atoms with Crippen molar-refractivity contribution >= 4 is 33.1 Å². The summed E-state index contributed by atoms with van der Waals surface area (Å²) in [4.78, 5) is 16.7. The fourth-order valence-corrected chi connectivity index (χ4v) is 2.90. The topological polar surface area (TPSA) is 51.2 Å². The molecular formula is C16H14N2O2S. The Morgan fingerprint density at radius 2 is 2.10 bits per heavy atom. The van der Waals surface area contributed by atoms with Gasteiger partial charge in [-0.3, -0.25) is 4.79 Å². The SMILES string of the molecule is COc1cccc(C(=O)Nc2ccc3sc(C)nc3c2)c1. The summed E-state index contributed by atoms with van der Waals surface area (Å²) in [5.74, 6) is 0.494. The third-order valence-corrected chi connectivity index (χ3v) is 4.04. The van der Waals surface area contributed by atoms with Gasteiger partial charge in [-0.15, -0.1) is 11.3 Å². The maximum atomic E-state index is 12.2. The summed E-state index contributed by atoms with van der Waals surface area (Å²) in [6, 6.07) is 12.8. The molecule has 1 amide bonds. The number of nitrogens with zero attached hydrogens (tertiary/aromatic N) is 1. The minimum Gasteiger partial charge on any atom is -0.497 e. The van der Waals surface area contributed by atoms with E-state index in [-0.39, 0.29) is 5.91 Å². The van der Waals surface area contributed by atoms with Crippen LogP contribution in [0.1, 0.15) is 15.4 Å². The molecule has 3 aromatic rings. The zero-order chi connectivity index (χ0) is 14.8. The van der Waals surface area contributed by atoms with Gasteiger partial charge in [0.1, 0.15) is 5.75 Å². The fraction of sp³-hybridized carbons (Fsp3) is 0.125. The Morgan fingerprint density at radius 1 is 1.24 bits per heavy atom. The second-order valence-electron chi connectivity index (χ2n) is 4.60. The van der Waals surface area contributed by atoms with Crippen molar-refractivity contribution in [1.82, 2.24) is 4.98 Å². The van der Waals surface area contributed by atoms with Gasteiger partial charge in [0.05, 0.1) is 22.3 Å². The van der Waals surface area contributed by atoms with E-state index in [9.17, 15) is 4.79 Å². The average Bonchev–Trinajstić information content (AvgIpc) is 2.86. The van der Waals surface area contributed by atoms with Crippen molar-refractivity contribution in [3.05, 3.63) is 53.0 Å². The van der Waals surface area contributed by atoms with Crippen LogP contribution >= 0.6 is 11.3 Å². The summed E-state index contributed by atoms with van der Waals surface area (Å²) >= 11 is 1.64. The van der Waals surface area contributed by atoms with Gasteiger partial charge in [0, 0.05) is 11.3 Å². The molecule has 0 saturated carbocycles. The van der Waals surface area contributed by atoms with Gasteiger partial charge in [0.2, 0.25) is 0 Å². The third-order valence-electron chi connectivity index (χ3n) is 3.08. The van der Waals surface area contributed by atoms with Crippen LogP contribution < -0.4 is 10.1 Å². The number of methoxy groups -OCH3 is 1. The van der Waals surface area contributed by atoms with E-state index in [4.69, 9.17) is 4.74 Å². The number of fused-ring (bicyclic) bond motifs is 1. The van der Waals surface area contributed by atoms with E-state index in [1.165, 1.54) is 0 Å². The molecule has 1 aromatic heterocycles. The van der Waals surface area contributed by atoms with Gasteiger partial charge in [-0.05, 0) is 43.3 Å². The number of anilines is 1. The van der Waals surface area contributed by atoms with Crippen LogP contribution in [0.2, 0.25) is 0 Å². The lowest BCUT2D eigenvalue weighted by Crippen LogP contribution is -2.11. The van der Waals surface area contributed by atoms with Crippen molar-refractivity contribution in [2.75, 3.05) is 12.4 Å². The first-order valence-corrected chi connectivity index (χ1v) is 7.30. The number of nitrogens with one attached hydrogen (secondary N) is 1. The molecule has 0 bridgehead atoms. The molecule has 3 rings (SSSR count). The van der Waals surface area contributed by atoms with E-state index < -0.39 is 0 Å². The molecule has 0 fully saturated rings. The minimum absolute atomic E-state index is 0.166. The van der Waals surface area contributed by atoms with Crippen LogP contribution in [0.4, 0.5) is 5.69 Å². The number of thiazole rings is 1. The predicted molar refractivity (Wildman–Crippen MR) is 85.3 cm³/mol. The van der Waals surface area contributed by atoms with Crippen molar-refractivity contribution in [3.63, 3.8) is 0 Å². The molecule has 0 unspecified atom stereocenters. The number of carbonyl (C=O) groups is 1. The van der Waals surface area contributed by atoms with E-state index in [1.807, 2.05) is 25.1 Å². The summed E-state index contributed by atoms with van der Waals surface area (Å²) in [6.07, 6.45) is 0. The maximum absolute atomic E-state index is 12.2. The van der Waals surface area contributed by atoms with Crippen LogP contribution in [-0.2, 0) is 0 Å². The molecule has 0 spiro atoms. The summed E-state index contributed by atoms with van der Waals surface area (Å²) < 4.78 is 6.24. The molecule has 0 radical (unpaired) electrons. The zero-order valence-corrected chi connectivity index (χ0v) is 12.5. The number of rotatable bonds is 3. The Morgan fingerprint density at radius 3 is 2.90 bits per heavy atom. The van der Waals surface area contributed by atoms with Crippen LogP contribution in [0.15, 0.2) is 42.5 Å². The summed E-state index contributed by atoms with van der Waals surface area (Å²) in [7, 11) is 1.58. The lowest BCUT2D eigenvalue weighted by Gasteiger charge is -2.06. The molecule has 0 aliphatic carbocycles. The van der Waals surface area contributed by atoms with E-state index >= 15 is 0 Å². The monoisotopic (exact) mass is 298 g/mol. The Labute approximate surface area is 126 Å². The largest absolute Gasteiger partial charge is 0.497 e. The van der Waals surface area contributed by atoms with Crippen molar-refractivity contribution in [2.45, 2.75) is 6.92 Å². The Kier molecular flexibility index (Phi) is 3.58. The molecule has 106 valence electrons. The van der Waals surface area contributed by atoms with E-state index in [1.54, 1.807) is 42.7 Å². The molecule has 1 N–H and O–H groups in total. The van der Waals surface area contributed by atoms with Gasteiger partial charge in [-0.1, -0.05) is 6.07 Å². The number of hydrogen-bond donors (Lipinski definition) is 1. The molecular weight excluding hydrogens is 284 g/mol. The number of benzene rings is 2. The highest BCUT2D eigenvalue weighted by Crippen LogP contribution is 2.24. The van der Waals surface area contributed by atoms with Crippen LogP contribution in [0.25, 0.3) is 10.2 Å². The summed E-state index contributed by atoms with van der Waals surface area (Å²) in [5.41, 5.74) is 2.20. The molecule has 0 aliphatic heterocycles. The lowest BCUT2D eigenvalue weighted by molar-refractivity contribution is 0.102. The smallest absolute Gasteiger partial charge is 0.255 e.